The maximum Gasteiger partial charge on any atom is 0.257 e. The molecule has 0 aliphatic carbocycles. The third-order valence-electron chi connectivity index (χ3n) is 6.51. The highest BCUT2D eigenvalue weighted by Gasteiger charge is 2.41. The zero-order chi connectivity index (χ0) is 23.5. The number of pyridine rings is 1. The summed E-state index contributed by atoms with van der Waals surface area (Å²) in [7, 11) is -3.20. The number of halogens is 1. The minimum absolute atomic E-state index is 0.0865. The van der Waals surface area contributed by atoms with Crippen LogP contribution >= 0.6 is 11.6 Å². The third kappa shape index (κ3) is 5.22. The van der Waals surface area contributed by atoms with Gasteiger partial charge >= 0.3 is 0 Å². The normalized spacial score (nSPS) is 20.1. The first-order chi connectivity index (χ1) is 15.9. The molecule has 0 radical (unpaired) electrons. The number of fused-ring (bicyclic) bond motifs is 1. The molecular formula is C22H27ClN4O5S. The quantitative estimate of drug-likeness (QED) is 0.405. The number of nitrogens with zero attached hydrogens (tertiary/aromatic N) is 4. The first-order valence-corrected chi connectivity index (χ1v) is 13.4. The van der Waals surface area contributed by atoms with Gasteiger partial charge in [-0.3, -0.25) is 9.36 Å². The molecule has 0 spiro atoms. The van der Waals surface area contributed by atoms with Crippen molar-refractivity contribution in [3.05, 3.63) is 33.5 Å². The number of hydrogen-bond donors (Lipinski definition) is 0. The van der Waals surface area contributed by atoms with E-state index in [-0.39, 0.29) is 46.9 Å². The number of unbranched alkanes of at least 4 members (excludes halogenated alkanes) is 3. The van der Waals surface area contributed by atoms with Crippen LogP contribution < -0.4 is 5.56 Å². The summed E-state index contributed by atoms with van der Waals surface area (Å²) in [6.45, 7) is 1.72. The van der Waals surface area contributed by atoms with Crippen LogP contribution in [-0.4, -0.2) is 54.0 Å². The molecule has 0 unspecified atom stereocenters. The highest BCUT2D eigenvalue weighted by Crippen LogP contribution is 2.36. The van der Waals surface area contributed by atoms with Crippen molar-refractivity contribution >= 4 is 32.5 Å². The lowest BCUT2D eigenvalue weighted by Gasteiger charge is -2.31. The Balaban J connectivity index is 1.56. The number of hydrogen-bond acceptors (Lipinski definition) is 8. The molecule has 4 heterocycles. The molecule has 2 aromatic rings. The maximum absolute atomic E-state index is 13.5. The minimum atomic E-state index is -3.20. The Kier molecular flexibility index (Phi) is 7.34. The molecule has 9 nitrogen and oxygen atoms in total. The molecular weight excluding hydrogens is 468 g/mol. The summed E-state index contributed by atoms with van der Waals surface area (Å²) in [6.07, 6.45) is 5.85. The van der Waals surface area contributed by atoms with Crippen molar-refractivity contribution in [2.75, 3.05) is 24.7 Å². The van der Waals surface area contributed by atoms with Gasteiger partial charge in [-0.1, -0.05) is 24.4 Å². The van der Waals surface area contributed by atoms with Crippen molar-refractivity contribution in [1.82, 2.24) is 14.5 Å². The average molecular weight is 495 g/mol. The second-order valence-corrected chi connectivity index (χ2v) is 11.3. The molecule has 2 aromatic heterocycles. The number of ether oxygens (including phenoxy) is 2. The van der Waals surface area contributed by atoms with E-state index >= 15 is 0 Å². The number of sulfone groups is 1. The second kappa shape index (κ2) is 10.1. The first-order valence-electron chi connectivity index (χ1n) is 11.2. The molecule has 0 saturated carbocycles. The topological polar surface area (TPSA) is 124 Å². The van der Waals surface area contributed by atoms with Gasteiger partial charge in [0, 0.05) is 12.1 Å². The lowest BCUT2D eigenvalue weighted by atomic mass is 9.77. The Morgan fingerprint density at radius 2 is 1.85 bits per heavy atom. The molecule has 0 amide bonds. The van der Waals surface area contributed by atoms with E-state index in [4.69, 9.17) is 21.1 Å². The highest BCUT2D eigenvalue weighted by molar-refractivity contribution is 7.91. The van der Waals surface area contributed by atoms with Crippen LogP contribution in [0.5, 0.6) is 0 Å². The van der Waals surface area contributed by atoms with E-state index in [9.17, 15) is 18.5 Å². The summed E-state index contributed by atoms with van der Waals surface area (Å²) in [5.41, 5.74) is -0.780. The monoisotopic (exact) mass is 494 g/mol. The van der Waals surface area contributed by atoms with E-state index in [0.29, 0.717) is 30.8 Å². The summed E-state index contributed by atoms with van der Waals surface area (Å²) in [4.78, 5) is 21.9. The third-order valence-corrected chi connectivity index (χ3v) is 8.46. The van der Waals surface area contributed by atoms with E-state index in [1.165, 1.54) is 6.33 Å². The van der Waals surface area contributed by atoms with Gasteiger partial charge in [0.2, 0.25) is 0 Å². The summed E-state index contributed by atoms with van der Waals surface area (Å²) >= 11 is 6.32. The summed E-state index contributed by atoms with van der Waals surface area (Å²) in [5, 5.41) is 10.7. The van der Waals surface area contributed by atoms with Crippen molar-refractivity contribution in [2.45, 2.75) is 63.2 Å². The average Bonchev–Trinajstić information content (AvgIpc) is 3.32. The Bertz CT molecular complexity index is 1200. The summed E-state index contributed by atoms with van der Waals surface area (Å²) in [6, 6.07) is 3.83. The van der Waals surface area contributed by atoms with Gasteiger partial charge in [-0.15, -0.1) is 0 Å². The van der Waals surface area contributed by atoms with Gasteiger partial charge in [0.1, 0.15) is 27.0 Å². The summed E-state index contributed by atoms with van der Waals surface area (Å²) in [5.74, 6) is -0.239. The molecule has 2 aliphatic heterocycles. The lowest BCUT2D eigenvalue weighted by Crippen LogP contribution is -2.41. The Hall–Kier alpha value is -2.06. The number of rotatable bonds is 8. The fourth-order valence-electron chi connectivity index (χ4n) is 4.54. The lowest BCUT2D eigenvalue weighted by molar-refractivity contribution is -0.0480. The van der Waals surface area contributed by atoms with Gasteiger partial charge in [-0.2, -0.15) is 5.26 Å². The van der Waals surface area contributed by atoms with Crippen molar-refractivity contribution < 1.29 is 17.9 Å². The zero-order valence-electron chi connectivity index (χ0n) is 18.3. The smallest absolute Gasteiger partial charge is 0.257 e. The predicted octanol–water partition coefficient (Wildman–Crippen LogP) is 2.74. The van der Waals surface area contributed by atoms with Gasteiger partial charge in [-0.05, 0) is 38.2 Å². The largest absolute Gasteiger partial charge is 0.350 e. The van der Waals surface area contributed by atoms with Crippen LogP contribution in [0.3, 0.4) is 0 Å². The SMILES string of the molecule is N#CC1(c2cc3c(Cl)ncnc3n(CCCCCCC3OCCO3)c2=O)CCS(=O)(=O)CC1. The molecule has 11 heteroatoms. The van der Waals surface area contributed by atoms with Crippen molar-refractivity contribution in [2.24, 2.45) is 0 Å². The van der Waals surface area contributed by atoms with Crippen LogP contribution in [0.1, 0.15) is 50.5 Å². The van der Waals surface area contributed by atoms with Crippen molar-refractivity contribution in [3.8, 4) is 6.07 Å². The highest BCUT2D eigenvalue weighted by atomic mass is 35.5. The summed E-state index contributed by atoms with van der Waals surface area (Å²) < 4.78 is 36.4. The van der Waals surface area contributed by atoms with Gasteiger partial charge in [0.25, 0.3) is 5.56 Å². The molecule has 0 atom stereocenters. The van der Waals surface area contributed by atoms with Gasteiger partial charge < -0.3 is 9.47 Å². The first kappa shape index (κ1) is 24.1. The van der Waals surface area contributed by atoms with Crippen LogP contribution in [0, 0.1) is 11.3 Å². The molecule has 2 saturated heterocycles. The molecule has 33 heavy (non-hydrogen) atoms. The van der Waals surface area contributed by atoms with Gasteiger partial charge in [0.15, 0.2) is 6.29 Å². The number of aryl methyl sites for hydroxylation is 1. The van der Waals surface area contributed by atoms with E-state index < -0.39 is 15.3 Å². The Labute approximate surface area is 197 Å². The zero-order valence-corrected chi connectivity index (χ0v) is 19.9. The minimum Gasteiger partial charge on any atom is -0.350 e. The fraction of sp³-hybridized carbons (Fsp3) is 0.636. The molecule has 4 rings (SSSR count). The molecule has 0 aromatic carbocycles. The predicted molar refractivity (Wildman–Crippen MR) is 123 cm³/mol. The van der Waals surface area contributed by atoms with E-state index in [1.54, 1.807) is 10.6 Å². The number of aromatic nitrogens is 3. The Morgan fingerprint density at radius 3 is 2.55 bits per heavy atom. The van der Waals surface area contributed by atoms with Crippen molar-refractivity contribution in [3.63, 3.8) is 0 Å². The molecule has 2 fully saturated rings. The van der Waals surface area contributed by atoms with Gasteiger partial charge in [-0.25, -0.2) is 18.4 Å². The fourth-order valence-corrected chi connectivity index (χ4v) is 6.24. The molecule has 0 N–H and O–H groups in total. The Morgan fingerprint density at radius 1 is 1.15 bits per heavy atom. The van der Waals surface area contributed by atoms with Crippen LogP contribution in [0.25, 0.3) is 11.0 Å². The molecule has 0 bridgehead atoms. The van der Waals surface area contributed by atoms with Crippen LogP contribution in [0.4, 0.5) is 0 Å². The van der Waals surface area contributed by atoms with Crippen LogP contribution in [0.15, 0.2) is 17.2 Å². The van der Waals surface area contributed by atoms with E-state index in [2.05, 4.69) is 16.0 Å². The van der Waals surface area contributed by atoms with E-state index in [0.717, 1.165) is 32.1 Å². The standard InChI is InChI=1S/C22H27ClN4O5S/c23-19-16-13-17(22(14-24)6-11-33(29,30)12-7-22)21(28)27(20(16)26-15-25-19)8-4-2-1-3-5-18-31-9-10-32-18/h13,15,18H,1-12H2. The van der Waals surface area contributed by atoms with Gasteiger partial charge in [0.05, 0.1) is 41.6 Å². The number of nitriles is 1. The van der Waals surface area contributed by atoms with Crippen LogP contribution in [0.2, 0.25) is 5.15 Å². The second-order valence-electron chi connectivity index (χ2n) is 8.64. The maximum atomic E-state index is 13.5. The van der Waals surface area contributed by atoms with Crippen LogP contribution in [-0.2, 0) is 31.3 Å². The molecule has 2 aliphatic rings. The van der Waals surface area contributed by atoms with Crippen molar-refractivity contribution in [1.29, 1.82) is 5.26 Å². The molecule has 178 valence electrons. The van der Waals surface area contributed by atoms with E-state index in [1.807, 2.05) is 0 Å².